The van der Waals surface area contributed by atoms with Crippen molar-refractivity contribution in [2.75, 3.05) is 18.1 Å². The predicted molar refractivity (Wildman–Crippen MR) is 86.8 cm³/mol. The Bertz CT molecular complexity index is 777. The number of tetrazole rings is 1. The van der Waals surface area contributed by atoms with Crippen LogP contribution in [0.3, 0.4) is 0 Å². The highest BCUT2D eigenvalue weighted by Gasteiger charge is 2.29. The minimum Gasteiger partial charge on any atom is -0.354 e. The molecule has 1 aliphatic rings. The van der Waals surface area contributed by atoms with E-state index in [0.29, 0.717) is 19.4 Å². The molecule has 1 amide bonds. The zero-order valence-electron chi connectivity index (χ0n) is 13.1. The van der Waals surface area contributed by atoms with E-state index in [0.717, 1.165) is 5.56 Å². The Hall–Kier alpha value is -2.29. The number of carbonyl (C=O) groups excluding carboxylic acids is 1. The van der Waals surface area contributed by atoms with Gasteiger partial charge in [-0.3, -0.25) is 4.79 Å². The Balaban J connectivity index is 1.65. The van der Waals surface area contributed by atoms with Crippen LogP contribution < -0.4 is 5.32 Å². The summed E-state index contributed by atoms with van der Waals surface area (Å²) in [6, 6.07) is 9.04. The van der Waals surface area contributed by atoms with Crippen molar-refractivity contribution >= 4 is 15.7 Å². The van der Waals surface area contributed by atoms with Gasteiger partial charge >= 0.3 is 0 Å². The van der Waals surface area contributed by atoms with Crippen molar-refractivity contribution in [2.45, 2.75) is 18.9 Å². The molecule has 1 N–H and O–H groups in total. The molecule has 0 bridgehead atoms. The van der Waals surface area contributed by atoms with E-state index in [1.807, 2.05) is 30.3 Å². The van der Waals surface area contributed by atoms with Crippen LogP contribution in [0, 0.1) is 5.92 Å². The first kappa shape index (κ1) is 16.6. The predicted octanol–water partition coefficient (Wildman–Crippen LogP) is 0.00780. The van der Waals surface area contributed by atoms with E-state index in [-0.39, 0.29) is 23.3 Å². The number of nitrogens with zero attached hydrogens (tertiary/aromatic N) is 4. The summed E-state index contributed by atoms with van der Waals surface area (Å²) >= 11 is 0. The standard InChI is InChI=1S/C15H19N5O3S/c21-15(16-9-13-6-7-24(22,23)10-13)14(20-11-17-18-19-20)8-12-4-2-1-3-5-12/h1-5,11,13-14H,6-10H2,(H,16,21)/t13?,14-/m0/s1. The summed E-state index contributed by atoms with van der Waals surface area (Å²) < 4.78 is 24.4. The van der Waals surface area contributed by atoms with Gasteiger partial charge in [-0.25, -0.2) is 13.1 Å². The van der Waals surface area contributed by atoms with Crippen LogP contribution in [-0.4, -0.2) is 52.6 Å². The summed E-state index contributed by atoms with van der Waals surface area (Å²) in [4.78, 5) is 12.6. The molecule has 3 rings (SSSR count). The first-order chi connectivity index (χ1) is 11.5. The zero-order valence-corrected chi connectivity index (χ0v) is 13.9. The molecule has 0 aliphatic carbocycles. The maximum absolute atomic E-state index is 12.6. The van der Waals surface area contributed by atoms with Crippen molar-refractivity contribution in [2.24, 2.45) is 5.92 Å². The van der Waals surface area contributed by atoms with Gasteiger partial charge in [-0.2, -0.15) is 0 Å². The van der Waals surface area contributed by atoms with Crippen molar-refractivity contribution in [3.05, 3.63) is 42.2 Å². The topological polar surface area (TPSA) is 107 Å². The van der Waals surface area contributed by atoms with E-state index in [9.17, 15) is 13.2 Å². The minimum atomic E-state index is -2.94. The highest BCUT2D eigenvalue weighted by atomic mass is 32.2. The molecule has 2 atom stereocenters. The van der Waals surface area contributed by atoms with E-state index in [4.69, 9.17) is 0 Å². The number of amides is 1. The number of sulfone groups is 1. The van der Waals surface area contributed by atoms with Gasteiger partial charge in [0.05, 0.1) is 11.5 Å². The molecular weight excluding hydrogens is 330 g/mol. The van der Waals surface area contributed by atoms with E-state index in [1.165, 1.54) is 11.0 Å². The maximum Gasteiger partial charge on any atom is 0.245 e. The van der Waals surface area contributed by atoms with Crippen molar-refractivity contribution in [3.8, 4) is 0 Å². The molecule has 2 heterocycles. The summed E-state index contributed by atoms with van der Waals surface area (Å²) in [5.41, 5.74) is 0.997. The molecule has 1 aromatic carbocycles. The molecule has 8 nitrogen and oxygen atoms in total. The lowest BCUT2D eigenvalue weighted by molar-refractivity contribution is -0.124. The monoisotopic (exact) mass is 349 g/mol. The van der Waals surface area contributed by atoms with Gasteiger partial charge in [0.15, 0.2) is 9.84 Å². The SMILES string of the molecule is O=C(NCC1CCS(=O)(=O)C1)[C@H](Cc1ccccc1)n1cnnn1. The Morgan fingerprint density at radius 3 is 2.75 bits per heavy atom. The van der Waals surface area contributed by atoms with Crippen molar-refractivity contribution < 1.29 is 13.2 Å². The quantitative estimate of drug-likeness (QED) is 0.787. The van der Waals surface area contributed by atoms with Crippen molar-refractivity contribution in [1.82, 2.24) is 25.5 Å². The third-order valence-electron chi connectivity index (χ3n) is 4.15. The van der Waals surface area contributed by atoms with E-state index >= 15 is 0 Å². The molecule has 2 aromatic rings. The lowest BCUT2D eigenvalue weighted by Gasteiger charge is -2.17. The van der Waals surface area contributed by atoms with Crippen LogP contribution in [-0.2, 0) is 21.1 Å². The van der Waals surface area contributed by atoms with Crippen LogP contribution in [0.25, 0.3) is 0 Å². The van der Waals surface area contributed by atoms with E-state index in [1.54, 1.807) is 0 Å². The van der Waals surface area contributed by atoms with Crippen LogP contribution in [0.2, 0.25) is 0 Å². The molecule has 1 saturated heterocycles. The maximum atomic E-state index is 12.6. The van der Waals surface area contributed by atoms with E-state index in [2.05, 4.69) is 20.8 Å². The molecule has 1 aromatic heterocycles. The molecule has 1 unspecified atom stereocenters. The molecule has 1 aliphatic heterocycles. The first-order valence-electron chi connectivity index (χ1n) is 7.78. The summed E-state index contributed by atoms with van der Waals surface area (Å²) in [6.45, 7) is 0.353. The Morgan fingerprint density at radius 2 is 2.12 bits per heavy atom. The average Bonchev–Trinajstić information content (AvgIpc) is 3.21. The van der Waals surface area contributed by atoms with Gasteiger partial charge < -0.3 is 5.32 Å². The van der Waals surface area contributed by atoms with Crippen molar-refractivity contribution in [3.63, 3.8) is 0 Å². The number of rotatable bonds is 6. The highest BCUT2D eigenvalue weighted by Crippen LogP contribution is 2.18. The number of benzene rings is 1. The van der Waals surface area contributed by atoms with Gasteiger partial charge in [-0.1, -0.05) is 30.3 Å². The molecule has 0 spiro atoms. The van der Waals surface area contributed by atoms with Crippen LogP contribution in [0.15, 0.2) is 36.7 Å². The van der Waals surface area contributed by atoms with Gasteiger partial charge in [0.25, 0.3) is 0 Å². The second-order valence-electron chi connectivity index (χ2n) is 6.01. The third kappa shape index (κ3) is 4.16. The van der Waals surface area contributed by atoms with E-state index < -0.39 is 15.9 Å². The highest BCUT2D eigenvalue weighted by molar-refractivity contribution is 7.91. The summed E-state index contributed by atoms with van der Waals surface area (Å²) in [5, 5.41) is 13.9. The van der Waals surface area contributed by atoms with Gasteiger partial charge in [0.1, 0.15) is 12.4 Å². The second kappa shape index (κ2) is 7.08. The Morgan fingerprint density at radius 1 is 1.33 bits per heavy atom. The second-order valence-corrected chi connectivity index (χ2v) is 8.24. The lowest BCUT2D eigenvalue weighted by Crippen LogP contribution is -2.37. The normalized spacial score (nSPS) is 20.6. The fourth-order valence-corrected chi connectivity index (χ4v) is 4.71. The fraction of sp³-hybridized carbons (Fsp3) is 0.467. The minimum absolute atomic E-state index is 0.0230. The number of hydrogen-bond donors (Lipinski definition) is 1. The molecule has 128 valence electrons. The zero-order chi connectivity index (χ0) is 17.0. The van der Waals surface area contributed by atoms with Crippen LogP contribution in [0.5, 0.6) is 0 Å². The molecule has 1 fully saturated rings. The molecule has 0 radical (unpaired) electrons. The summed E-state index contributed by atoms with van der Waals surface area (Å²) in [6.07, 6.45) is 2.46. The van der Waals surface area contributed by atoms with Crippen LogP contribution >= 0.6 is 0 Å². The van der Waals surface area contributed by atoms with Crippen LogP contribution in [0.4, 0.5) is 0 Å². The molecule has 9 heteroatoms. The number of nitrogens with one attached hydrogen (secondary N) is 1. The molecule has 0 saturated carbocycles. The summed E-state index contributed by atoms with van der Waals surface area (Å²) in [5.74, 6) is 0.107. The van der Waals surface area contributed by atoms with Gasteiger partial charge in [0.2, 0.25) is 5.91 Å². The van der Waals surface area contributed by atoms with Crippen molar-refractivity contribution in [1.29, 1.82) is 0 Å². The van der Waals surface area contributed by atoms with Gasteiger partial charge in [-0.15, -0.1) is 5.10 Å². The largest absolute Gasteiger partial charge is 0.354 e. The molecule has 24 heavy (non-hydrogen) atoms. The number of hydrogen-bond acceptors (Lipinski definition) is 6. The Labute approximate surface area is 140 Å². The van der Waals surface area contributed by atoms with Gasteiger partial charge in [0, 0.05) is 13.0 Å². The number of aromatic nitrogens is 4. The first-order valence-corrected chi connectivity index (χ1v) is 9.60. The average molecular weight is 349 g/mol. The fourth-order valence-electron chi connectivity index (χ4n) is 2.85. The third-order valence-corrected chi connectivity index (χ3v) is 5.99. The lowest BCUT2D eigenvalue weighted by atomic mass is 10.0. The van der Waals surface area contributed by atoms with Crippen LogP contribution in [0.1, 0.15) is 18.0 Å². The summed E-state index contributed by atoms with van der Waals surface area (Å²) in [7, 11) is -2.94. The smallest absolute Gasteiger partial charge is 0.245 e. The van der Waals surface area contributed by atoms with Gasteiger partial charge in [-0.05, 0) is 28.3 Å². The Kier molecular flexibility index (Phi) is 4.89. The number of carbonyl (C=O) groups is 1. The molecular formula is C15H19N5O3S.